The van der Waals surface area contributed by atoms with E-state index in [0.717, 1.165) is 6.42 Å². The van der Waals surface area contributed by atoms with Gasteiger partial charge in [-0.25, -0.2) is 5.14 Å². The smallest absolute Gasteiger partial charge is 0.255 e. The Morgan fingerprint density at radius 1 is 1.40 bits per heavy atom. The first-order valence-electron chi connectivity index (χ1n) is 5.17. The van der Waals surface area contributed by atoms with Crippen molar-refractivity contribution in [3.63, 3.8) is 0 Å². The average molecular weight is 235 g/mol. The van der Waals surface area contributed by atoms with Crippen LogP contribution in [-0.4, -0.2) is 14.5 Å². The van der Waals surface area contributed by atoms with Crippen LogP contribution in [-0.2, 0) is 14.5 Å². The summed E-state index contributed by atoms with van der Waals surface area (Å²) in [6.45, 7) is 5.97. The predicted octanol–water partition coefficient (Wildman–Crippen LogP) is 1.98. The van der Waals surface area contributed by atoms with Crippen molar-refractivity contribution in [2.45, 2.75) is 46.1 Å². The van der Waals surface area contributed by atoms with Crippen molar-refractivity contribution < 1.29 is 12.6 Å². The Labute approximate surface area is 92.8 Å². The number of hydrogen-bond acceptors (Lipinski definition) is 3. The van der Waals surface area contributed by atoms with Crippen LogP contribution in [0.15, 0.2) is 12.2 Å². The maximum Gasteiger partial charge on any atom is 0.333 e. The second-order valence-corrected chi connectivity index (χ2v) is 5.17. The second-order valence-electron chi connectivity index (χ2n) is 3.99. The van der Waals surface area contributed by atoms with E-state index in [0.29, 0.717) is 18.8 Å². The Hall–Kier alpha value is -0.390. The molecular formula is C10H21NO3S. The molecule has 0 aliphatic heterocycles. The zero-order chi connectivity index (χ0) is 11.9. The molecule has 15 heavy (non-hydrogen) atoms. The minimum absolute atomic E-state index is 0.309. The van der Waals surface area contributed by atoms with Gasteiger partial charge in [0.1, 0.15) is 0 Å². The highest BCUT2D eigenvalue weighted by Gasteiger charge is 2.16. The van der Waals surface area contributed by atoms with Crippen molar-refractivity contribution in [3.8, 4) is 0 Å². The number of nitrogens with two attached hydrogens (primary N) is 1. The summed E-state index contributed by atoms with van der Waals surface area (Å²) in [5.41, 5.74) is 0. The molecule has 0 saturated carbocycles. The first kappa shape index (κ1) is 14.6. The Kier molecular flexibility index (Phi) is 6.80. The van der Waals surface area contributed by atoms with Gasteiger partial charge in [0.15, 0.2) is 0 Å². The lowest BCUT2D eigenvalue weighted by Crippen LogP contribution is -2.25. The Balaban J connectivity index is 4.18. The van der Waals surface area contributed by atoms with E-state index < -0.39 is 10.3 Å². The molecule has 0 amide bonds. The van der Waals surface area contributed by atoms with Crippen molar-refractivity contribution in [2.75, 3.05) is 0 Å². The van der Waals surface area contributed by atoms with Gasteiger partial charge in [0.05, 0.1) is 6.10 Å². The highest BCUT2D eigenvalue weighted by atomic mass is 32.2. The van der Waals surface area contributed by atoms with E-state index in [1.165, 1.54) is 0 Å². The third kappa shape index (κ3) is 9.90. The largest absolute Gasteiger partial charge is 0.333 e. The van der Waals surface area contributed by atoms with Gasteiger partial charge >= 0.3 is 10.3 Å². The van der Waals surface area contributed by atoms with Gasteiger partial charge in [-0.05, 0) is 32.1 Å². The molecule has 0 aliphatic rings. The molecule has 90 valence electrons. The summed E-state index contributed by atoms with van der Waals surface area (Å²) >= 11 is 0. The van der Waals surface area contributed by atoms with Crippen molar-refractivity contribution >= 4 is 10.3 Å². The lowest BCUT2D eigenvalue weighted by Gasteiger charge is -2.17. The van der Waals surface area contributed by atoms with Crippen molar-refractivity contribution in [1.29, 1.82) is 0 Å². The highest BCUT2D eigenvalue weighted by molar-refractivity contribution is 7.84. The van der Waals surface area contributed by atoms with Crippen LogP contribution in [0.4, 0.5) is 0 Å². The molecule has 5 heteroatoms. The van der Waals surface area contributed by atoms with E-state index in [1.807, 2.05) is 32.9 Å². The predicted molar refractivity (Wildman–Crippen MR) is 61.5 cm³/mol. The summed E-state index contributed by atoms with van der Waals surface area (Å²) in [5.74, 6) is 0.391. The van der Waals surface area contributed by atoms with Gasteiger partial charge in [-0.2, -0.15) is 8.42 Å². The maximum absolute atomic E-state index is 10.8. The van der Waals surface area contributed by atoms with Crippen LogP contribution in [0.2, 0.25) is 0 Å². The molecule has 0 aliphatic carbocycles. The van der Waals surface area contributed by atoms with E-state index in [-0.39, 0.29) is 6.10 Å². The average Bonchev–Trinajstić information content (AvgIpc) is 2.00. The first-order valence-corrected chi connectivity index (χ1v) is 6.64. The van der Waals surface area contributed by atoms with E-state index in [4.69, 9.17) is 9.32 Å². The van der Waals surface area contributed by atoms with Crippen LogP contribution in [0.3, 0.4) is 0 Å². The fourth-order valence-corrected chi connectivity index (χ4v) is 1.92. The monoisotopic (exact) mass is 235 g/mol. The van der Waals surface area contributed by atoms with Crippen molar-refractivity contribution in [1.82, 2.24) is 0 Å². The van der Waals surface area contributed by atoms with Gasteiger partial charge in [-0.1, -0.05) is 26.0 Å². The minimum atomic E-state index is -3.83. The first-order chi connectivity index (χ1) is 6.85. The molecule has 1 unspecified atom stereocenters. The van der Waals surface area contributed by atoms with Crippen LogP contribution in [0.5, 0.6) is 0 Å². The molecule has 2 N–H and O–H groups in total. The van der Waals surface area contributed by atoms with Gasteiger partial charge in [-0.3, -0.25) is 4.18 Å². The normalized spacial score (nSPS) is 15.0. The summed E-state index contributed by atoms with van der Waals surface area (Å²) in [6.07, 6.45) is 5.80. The quantitative estimate of drug-likeness (QED) is 0.686. The van der Waals surface area contributed by atoms with Gasteiger partial charge in [0.2, 0.25) is 0 Å². The molecule has 0 spiro atoms. The molecule has 0 bridgehead atoms. The molecule has 0 rings (SSSR count). The molecule has 0 fully saturated rings. The molecule has 0 aromatic heterocycles. The summed E-state index contributed by atoms with van der Waals surface area (Å²) in [4.78, 5) is 0. The van der Waals surface area contributed by atoms with Gasteiger partial charge in [0, 0.05) is 0 Å². The standard InChI is InChI=1S/C10H21NO3S/c1-4-5-6-7-10(8-9(2)3)14-15(11,12)13/h4-5,9-10H,6-8H2,1-3H3,(H2,11,12,13)/b5-4+. The Bertz CT molecular complexity index is 283. The maximum atomic E-state index is 10.8. The fraction of sp³-hybridized carbons (Fsp3) is 0.800. The van der Waals surface area contributed by atoms with Crippen LogP contribution in [0.25, 0.3) is 0 Å². The molecule has 4 nitrogen and oxygen atoms in total. The zero-order valence-corrected chi connectivity index (χ0v) is 10.5. The highest BCUT2D eigenvalue weighted by Crippen LogP contribution is 2.15. The van der Waals surface area contributed by atoms with Crippen molar-refractivity contribution in [2.24, 2.45) is 11.1 Å². The van der Waals surface area contributed by atoms with Gasteiger partial charge in [-0.15, -0.1) is 0 Å². The third-order valence-corrected chi connectivity index (χ3v) is 2.44. The van der Waals surface area contributed by atoms with Crippen LogP contribution >= 0.6 is 0 Å². The van der Waals surface area contributed by atoms with E-state index in [2.05, 4.69) is 0 Å². The van der Waals surface area contributed by atoms with Crippen LogP contribution in [0, 0.1) is 5.92 Å². The third-order valence-electron chi connectivity index (χ3n) is 1.90. The van der Waals surface area contributed by atoms with Crippen molar-refractivity contribution in [3.05, 3.63) is 12.2 Å². The molecule has 0 saturated heterocycles. The lowest BCUT2D eigenvalue weighted by molar-refractivity contribution is 0.173. The SMILES string of the molecule is C/C=C/CCC(CC(C)C)OS(N)(=O)=O. The van der Waals surface area contributed by atoms with Gasteiger partial charge < -0.3 is 0 Å². The van der Waals surface area contributed by atoms with Crippen LogP contribution in [0.1, 0.15) is 40.0 Å². The fourth-order valence-electron chi connectivity index (χ4n) is 1.37. The minimum Gasteiger partial charge on any atom is -0.255 e. The topological polar surface area (TPSA) is 69.4 Å². The lowest BCUT2D eigenvalue weighted by atomic mass is 10.0. The molecule has 1 atom stereocenters. The van der Waals surface area contributed by atoms with E-state index in [1.54, 1.807) is 0 Å². The Morgan fingerprint density at radius 2 is 2.00 bits per heavy atom. The second kappa shape index (κ2) is 6.98. The number of hydrogen-bond donors (Lipinski definition) is 1. The summed E-state index contributed by atoms with van der Waals surface area (Å²) in [6, 6.07) is 0. The molecule has 0 radical (unpaired) electrons. The summed E-state index contributed by atoms with van der Waals surface area (Å²) in [5, 5.41) is 4.85. The number of allylic oxidation sites excluding steroid dienone is 2. The van der Waals surface area contributed by atoms with Gasteiger partial charge in [0.25, 0.3) is 0 Å². The summed E-state index contributed by atoms with van der Waals surface area (Å²) < 4.78 is 26.4. The molecule has 0 aromatic rings. The zero-order valence-electron chi connectivity index (χ0n) is 9.64. The Morgan fingerprint density at radius 3 is 2.40 bits per heavy atom. The molecular weight excluding hydrogens is 214 g/mol. The molecule has 0 aromatic carbocycles. The van der Waals surface area contributed by atoms with E-state index in [9.17, 15) is 8.42 Å². The molecule has 0 heterocycles. The summed E-state index contributed by atoms with van der Waals surface area (Å²) in [7, 11) is -3.83. The number of rotatable bonds is 7. The van der Waals surface area contributed by atoms with Crippen LogP contribution < -0.4 is 5.14 Å². The van der Waals surface area contributed by atoms with E-state index >= 15 is 0 Å².